The quantitative estimate of drug-likeness (QED) is 0.450. The van der Waals surface area contributed by atoms with Crippen molar-refractivity contribution in [1.82, 2.24) is 0 Å². The van der Waals surface area contributed by atoms with E-state index in [1.54, 1.807) is 12.1 Å². The Bertz CT molecular complexity index is 787. The van der Waals surface area contributed by atoms with Crippen LogP contribution in [-0.4, -0.2) is 18.2 Å². The lowest BCUT2D eigenvalue weighted by Gasteiger charge is -2.06. The van der Waals surface area contributed by atoms with E-state index < -0.39 is 5.97 Å². The predicted molar refractivity (Wildman–Crippen MR) is 98.6 cm³/mol. The average molecular weight is 341 g/mol. The SMILES string of the molecule is CO/C=C(/C(=O)O)c1ccccc1C=C/C=C/c1ccc(Cl)cc1. The molecule has 0 bridgehead atoms. The summed E-state index contributed by atoms with van der Waals surface area (Å²) in [6, 6.07) is 14.8. The number of halogens is 1. The maximum Gasteiger partial charge on any atom is 0.339 e. The Labute approximate surface area is 146 Å². The largest absolute Gasteiger partial charge is 0.503 e. The van der Waals surface area contributed by atoms with Gasteiger partial charge < -0.3 is 9.84 Å². The topological polar surface area (TPSA) is 46.5 Å². The summed E-state index contributed by atoms with van der Waals surface area (Å²) in [6.45, 7) is 0. The van der Waals surface area contributed by atoms with E-state index in [1.165, 1.54) is 13.4 Å². The van der Waals surface area contributed by atoms with Gasteiger partial charge in [-0.1, -0.05) is 72.3 Å². The number of rotatable bonds is 6. The molecule has 2 rings (SSSR count). The first-order valence-electron chi connectivity index (χ1n) is 7.28. The van der Waals surface area contributed by atoms with Crippen LogP contribution in [0, 0.1) is 0 Å². The van der Waals surface area contributed by atoms with E-state index in [0.29, 0.717) is 10.6 Å². The van der Waals surface area contributed by atoms with Crippen LogP contribution >= 0.6 is 11.6 Å². The van der Waals surface area contributed by atoms with Gasteiger partial charge in [0.1, 0.15) is 5.57 Å². The Morgan fingerprint density at radius 1 is 1.04 bits per heavy atom. The van der Waals surface area contributed by atoms with Gasteiger partial charge in [-0.15, -0.1) is 0 Å². The molecule has 0 amide bonds. The van der Waals surface area contributed by atoms with Crippen molar-refractivity contribution in [1.29, 1.82) is 0 Å². The van der Waals surface area contributed by atoms with Gasteiger partial charge in [-0.05, 0) is 28.8 Å². The summed E-state index contributed by atoms with van der Waals surface area (Å²) in [4.78, 5) is 11.4. The minimum absolute atomic E-state index is 0.111. The molecule has 2 aromatic rings. The van der Waals surface area contributed by atoms with Crippen LogP contribution in [0.5, 0.6) is 0 Å². The number of carboxylic acids is 1. The molecule has 1 N–H and O–H groups in total. The average Bonchev–Trinajstić information content (AvgIpc) is 2.58. The normalized spacial score (nSPS) is 12.0. The van der Waals surface area contributed by atoms with E-state index in [-0.39, 0.29) is 5.57 Å². The van der Waals surface area contributed by atoms with Crippen molar-refractivity contribution in [2.24, 2.45) is 0 Å². The molecular weight excluding hydrogens is 324 g/mol. The molecule has 24 heavy (non-hydrogen) atoms. The first kappa shape index (κ1) is 17.6. The zero-order valence-electron chi connectivity index (χ0n) is 13.1. The molecule has 122 valence electrons. The molecule has 0 aliphatic carbocycles. The lowest BCUT2D eigenvalue weighted by atomic mass is 10.00. The number of ether oxygens (including phenoxy) is 1. The monoisotopic (exact) mass is 340 g/mol. The van der Waals surface area contributed by atoms with Gasteiger partial charge >= 0.3 is 5.97 Å². The van der Waals surface area contributed by atoms with E-state index in [2.05, 4.69) is 0 Å². The Morgan fingerprint density at radius 3 is 2.38 bits per heavy atom. The first-order chi connectivity index (χ1) is 11.6. The Morgan fingerprint density at radius 2 is 1.71 bits per heavy atom. The third-order valence-corrected chi connectivity index (χ3v) is 3.51. The molecule has 0 fully saturated rings. The molecule has 2 aromatic carbocycles. The van der Waals surface area contributed by atoms with Gasteiger partial charge in [0.2, 0.25) is 0 Å². The highest BCUT2D eigenvalue weighted by atomic mass is 35.5. The van der Waals surface area contributed by atoms with E-state index in [1.807, 2.05) is 60.7 Å². The highest BCUT2D eigenvalue weighted by Crippen LogP contribution is 2.21. The number of carboxylic acid groups (broad SMARTS) is 1. The third kappa shape index (κ3) is 4.86. The van der Waals surface area contributed by atoms with Crippen molar-refractivity contribution in [2.75, 3.05) is 7.11 Å². The first-order valence-corrected chi connectivity index (χ1v) is 7.65. The van der Waals surface area contributed by atoms with Crippen molar-refractivity contribution in [3.8, 4) is 0 Å². The molecule has 0 saturated heterocycles. The van der Waals surface area contributed by atoms with Gasteiger partial charge in [0.25, 0.3) is 0 Å². The van der Waals surface area contributed by atoms with Gasteiger partial charge in [-0.25, -0.2) is 4.79 Å². The van der Waals surface area contributed by atoms with E-state index in [0.717, 1.165) is 11.1 Å². The minimum Gasteiger partial charge on any atom is -0.503 e. The number of carbonyl (C=O) groups is 1. The lowest BCUT2D eigenvalue weighted by Crippen LogP contribution is -2.02. The van der Waals surface area contributed by atoms with E-state index in [9.17, 15) is 9.90 Å². The molecule has 0 spiro atoms. The number of methoxy groups -OCH3 is 1. The van der Waals surface area contributed by atoms with Crippen LogP contribution in [0.1, 0.15) is 16.7 Å². The van der Waals surface area contributed by atoms with Crippen LogP contribution in [0.25, 0.3) is 17.7 Å². The summed E-state index contributed by atoms with van der Waals surface area (Å²) in [6.07, 6.45) is 8.78. The molecule has 0 radical (unpaired) electrons. The second kappa shape index (κ2) is 8.75. The highest BCUT2D eigenvalue weighted by Gasteiger charge is 2.13. The summed E-state index contributed by atoms with van der Waals surface area (Å²) in [5.74, 6) is -1.03. The van der Waals surface area contributed by atoms with Crippen LogP contribution in [0.3, 0.4) is 0 Å². The van der Waals surface area contributed by atoms with Crippen molar-refractivity contribution in [3.05, 3.63) is 88.7 Å². The fraction of sp³-hybridized carbons (Fsp3) is 0.0500. The van der Waals surface area contributed by atoms with Gasteiger partial charge in [0.05, 0.1) is 13.4 Å². The van der Waals surface area contributed by atoms with Crippen LogP contribution in [-0.2, 0) is 9.53 Å². The number of benzene rings is 2. The van der Waals surface area contributed by atoms with Gasteiger partial charge in [-0.2, -0.15) is 0 Å². The molecule has 0 heterocycles. The summed E-state index contributed by atoms with van der Waals surface area (Å²) in [5.41, 5.74) is 2.54. The smallest absolute Gasteiger partial charge is 0.339 e. The molecule has 0 aliphatic rings. The number of hydrogen-bond donors (Lipinski definition) is 1. The predicted octanol–water partition coefficient (Wildman–Crippen LogP) is 5.14. The summed E-state index contributed by atoms with van der Waals surface area (Å²) in [5, 5.41) is 10.0. The Hall–Kier alpha value is -2.78. The number of aliphatic carboxylic acids is 1. The second-order valence-corrected chi connectivity index (χ2v) is 5.37. The molecule has 0 atom stereocenters. The second-order valence-electron chi connectivity index (χ2n) is 4.93. The fourth-order valence-corrected chi connectivity index (χ4v) is 2.26. The fourth-order valence-electron chi connectivity index (χ4n) is 2.13. The van der Waals surface area contributed by atoms with E-state index >= 15 is 0 Å². The van der Waals surface area contributed by atoms with Gasteiger partial charge in [0, 0.05) is 5.02 Å². The van der Waals surface area contributed by atoms with Crippen LogP contribution in [0.4, 0.5) is 0 Å². The third-order valence-electron chi connectivity index (χ3n) is 3.26. The lowest BCUT2D eigenvalue weighted by molar-refractivity contribution is -0.130. The van der Waals surface area contributed by atoms with Crippen LogP contribution in [0.2, 0.25) is 5.02 Å². The zero-order valence-corrected chi connectivity index (χ0v) is 13.9. The highest BCUT2D eigenvalue weighted by molar-refractivity contribution is 6.30. The molecule has 3 nitrogen and oxygen atoms in total. The van der Waals surface area contributed by atoms with Crippen molar-refractivity contribution < 1.29 is 14.6 Å². The molecule has 0 saturated carbocycles. The standard InChI is InChI=1S/C20H17ClO3/c1-24-14-19(20(22)23)18-9-5-4-8-16(18)7-3-2-6-15-10-12-17(21)13-11-15/h2-14H,1H3,(H,22,23)/b6-2+,7-3?,19-14+. The molecule has 0 aromatic heterocycles. The minimum atomic E-state index is -1.03. The summed E-state index contributed by atoms with van der Waals surface area (Å²) < 4.78 is 4.88. The molecule has 4 heteroatoms. The molecular formula is C20H17ClO3. The zero-order chi connectivity index (χ0) is 17.4. The Balaban J connectivity index is 2.22. The van der Waals surface area contributed by atoms with Crippen LogP contribution in [0.15, 0.2) is 66.9 Å². The number of allylic oxidation sites excluding steroid dienone is 2. The molecule has 0 aliphatic heterocycles. The van der Waals surface area contributed by atoms with Gasteiger partial charge in [-0.3, -0.25) is 0 Å². The summed E-state index contributed by atoms with van der Waals surface area (Å²) in [7, 11) is 1.43. The summed E-state index contributed by atoms with van der Waals surface area (Å²) >= 11 is 5.85. The number of hydrogen-bond acceptors (Lipinski definition) is 2. The maximum atomic E-state index is 11.4. The maximum absolute atomic E-state index is 11.4. The van der Waals surface area contributed by atoms with Crippen molar-refractivity contribution in [3.63, 3.8) is 0 Å². The molecule has 0 unspecified atom stereocenters. The Kier molecular flexibility index (Phi) is 6.41. The van der Waals surface area contributed by atoms with Crippen molar-refractivity contribution in [2.45, 2.75) is 0 Å². The van der Waals surface area contributed by atoms with E-state index in [4.69, 9.17) is 16.3 Å². The van der Waals surface area contributed by atoms with Crippen LogP contribution < -0.4 is 0 Å². The van der Waals surface area contributed by atoms with Gasteiger partial charge in [0.15, 0.2) is 0 Å². The van der Waals surface area contributed by atoms with Crippen molar-refractivity contribution >= 4 is 35.3 Å².